The molecular formula is C9H16BF3N2O7S3. The highest BCUT2D eigenvalue weighted by Gasteiger charge is 2.63. The van der Waals surface area contributed by atoms with E-state index in [1.54, 1.807) is 0 Å². The molecule has 2 rings (SSSR count). The van der Waals surface area contributed by atoms with Crippen LogP contribution in [0.3, 0.4) is 0 Å². The Bertz CT molecular complexity index is 794. The second kappa shape index (κ2) is 6.33. The topological polar surface area (TPSA) is 118 Å². The number of fused-ring (bicyclic) bond motifs is 1. The minimum atomic E-state index is -6.22. The molecule has 146 valence electrons. The van der Waals surface area contributed by atoms with Gasteiger partial charge in [0, 0.05) is 12.1 Å². The largest absolute Gasteiger partial charge is 0.523 e. The summed E-state index contributed by atoms with van der Waals surface area (Å²) in [5, 5.41) is 0. The van der Waals surface area contributed by atoms with Gasteiger partial charge in [0.05, 0.1) is 12.5 Å². The fourth-order valence-electron chi connectivity index (χ4n) is 3.20. The Morgan fingerprint density at radius 1 is 0.880 bits per heavy atom. The number of hydrogen-bond donors (Lipinski definition) is 0. The van der Waals surface area contributed by atoms with Crippen LogP contribution in [0.4, 0.5) is 13.2 Å². The zero-order valence-corrected chi connectivity index (χ0v) is 15.6. The van der Waals surface area contributed by atoms with E-state index in [1.807, 2.05) is 0 Å². The van der Waals surface area contributed by atoms with E-state index in [-0.39, 0.29) is 12.8 Å². The highest BCUT2D eigenvalue weighted by molar-refractivity contribution is 7.92. The molecule has 0 aromatic rings. The molecule has 0 unspecified atom stereocenters. The molecule has 2 fully saturated rings. The monoisotopic (exact) mass is 428 g/mol. The van der Waals surface area contributed by atoms with Crippen molar-refractivity contribution in [2.45, 2.75) is 43.3 Å². The van der Waals surface area contributed by atoms with E-state index < -0.39 is 54.9 Å². The lowest BCUT2D eigenvalue weighted by atomic mass is 9.92. The normalized spacial score (nSPS) is 27.5. The summed E-state index contributed by atoms with van der Waals surface area (Å²) in [5.74, 6) is 0. The molecule has 0 radical (unpaired) electrons. The zero-order chi connectivity index (χ0) is 19.4. The molecule has 0 spiro atoms. The van der Waals surface area contributed by atoms with E-state index >= 15 is 0 Å². The van der Waals surface area contributed by atoms with Crippen LogP contribution in [0.1, 0.15) is 25.7 Å². The van der Waals surface area contributed by atoms with E-state index in [1.165, 1.54) is 0 Å². The maximum absolute atomic E-state index is 12.7. The van der Waals surface area contributed by atoms with Gasteiger partial charge in [0.1, 0.15) is 0 Å². The third-order valence-corrected chi connectivity index (χ3v) is 7.47. The fourth-order valence-corrected chi connectivity index (χ4v) is 6.31. The Balaban J connectivity index is 2.60. The van der Waals surface area contributed by atoms with Crippen molar-refractivity contribution in [3.05, 3.63) is 0 Å². The lowest BCUT2D eigenvalue weighted by Gasteiger charge is -2.31. The quantitative estimate of drug-likeness (QED) is 0.445. The molecular weight excluding hydrogens is 412 g/mol. The van der Waals surface area contributed by atoms with E-state index in [4.69, 9.17) is 0 Å². The standard InChI is InChI=1S/C9H16BF3N2O7S3/c1-23(16,17)14-7-5-3-4-6-8(7)15(24(2,18)19)10(14)22-25(20,21)9(11,12)13/h7-8H,3-6H2,1-2H3/t7-,8-/m1/s1. The average Bonchev–Trinajstić information content (AvgIpc) is 2.69. The highest BCUT2D eigenvalue weighted by atomic mass is 32.2. The van der Waals surface area contributed by atoms with Crippen LogP contribution in [0, 0.1) is 0 Å². The number of sulfonamides is 2. The maximum atomic E-state index is 12.7. The first-order chi connectivity index (χ1) is 11.1. The maximum Gasteiger partial charge on any atom is 0.523 e. The summed E-state index contributed by atoms with van der Waals surface area (Å²) in [6, 6.07) is -1.99. The Labute approximate surface area is 144 Å². The highest BCUT2D eigenvalue weighted by Crippen LogP contribution is 2.39. The number of halogens is 3. The minimum absolute atomic E-state index is 0.176. The van der Waals surface area contributed by atoms with Gasteiger partial charge in [-0.3, -0.25) is 4.10 Å². The molecule has 0 aromatic heterocycles. The summed E-state index contributed by atoms with van der Waals surface area (Å²) in [6.45, 7) is 0. The van der Waals surface area contributed by atoms with Crippen LogP contribution in [0.15, 0.2) is 0 Å². The molecule has 0 bridgehead atoms. The summed E-state index contributed by atoms with van der Waals surface area (Å²) >= 11 is 0. The van der Waals surface area contributed by atoms with Crippen molar-refractivity contribution in [3.8, 4) is 0 Å². The summed E-state index contributed by atoms with van der Waals surface area (Å²) in [4.78, 5) is 0. The van der Waals surface area contributed by atoms with Gasteiger partial charge in [-0.1, -0.05) is 12.8 Å². The van der Waals surface area contributed by atoms with Crippen molar-refractivity contribution in [2.24, 2.45) is 0 Å². The lowest BCUT2D eigenvalue weighted by molar-refractivity contribution is -0.0505. The summed E-state index contributed by atoms with van der Waals surface area (Å²) in [6.07, 6.45) is 2.69. The van der Waals surface area contributed by atoms with E-state index in [2.05, 4.69) is 4.10 Å². The van der Waals surface area contributed by atoms with Gasteiger partial charge in [-0.15, -0.1) is 0 Å². The van der Waals surface area contributed by atoms with E-state index in [0.717, 1.165) is 0 Å². The van der Waals surface area contributed by atoms with Crippen LogP contribution in [-0.2, 0) is 34.3 Å². The van der Waals surface area contributed by atoms with Crippen LogP contribution in [0.25, 0.3) is 0 Å². The molecule has 0 amide bonds. The molecule has 2 atom stereocenters. The molecule has 1 heterocycles. The predicted octanol–water partition coefficient (Wildman–Crippen LogP) is -0.314. The van der Waals surface area contributed by atoms with Gasteiger partial charge in [-0.25, -0.2) is 16.8 Å². The smallest absolute Gasteiger partial charge is 0.286 e. The van der Waals surface area contributed by atoms with E-state index in [0.29, 0.717) is 33.8 Å². The van der Waals surface area contributed by atoms with Gasteiger partial charge in [0.25, 0.3) is 0 Å². The van der Waals surface area contributed by atoms with Crippen molar-refractivity contribution in [1.82, 2.24) is 8.43 Å². The van der Waals surface area contributed by atoms with Gasteiger partial charge in [-0.05, 0) is 12.8 Å². The van der Waals surface area contributed by atoms with Gasteiger partial charge < -0.3 is 0 Å². The second-order valence-electron chi connectivity index (χ2n) is 5.93. The molecule has 16 heteroatoms. The average molecular weight is 428 g/mol. The number of rotatable bonds is 4. The molecule has 0 N–H and O–H groups in total. The molecule has 1 saturated carbocycles. The SMILES string of the molecule is CS(=O)(=O)N1B(OS(=O)(=O)C(F)(F)F)N(S(C)(=O)=O)[C@@H]2CCCC[C@H]21. The van der Waals surface area contributed by atoms with Gasteiger partial charge in [0.15, 0.2) is 0 Å². The molecule has 25 heavy (non-hydrogen) atoms. The van der Waals surface area contributed by atoms with Gasteiger partial charge in [-0.2, -0.15) is 30.0 Å². The number of hydrogen-bond acceptors (Lipinski definition) is 7. The van der Waals surface area contributed by atoms with Gasteiger partial charge in [0.2, 0.25) is 20.0 Å². The zero-order valence-electron chi connectivity index (χ0n) is 13.2. The number of nitrogens with zero attached hydrogens (tertiary/aromatic N) is 2. The van der Waals surface area contributed by atoms with Crippen molar-refractivity contribution < 1.29 is 42.5 Å². The summed E-state index contributed by atoms with van der Waals surface area (Å²) in [7, 11) is -17.2. The molecule has 1 aliphatic carbocycles. The Morgan fingerprint density at radius 2 is 1.24 bits per heavy atom. The summed E-state index contributed by atoms with van der Waals surface area (Å²) < 4.78 is 114. The molecule has 2 aliphatic rings. The first-order valence-corrected chi connectivity index (χ1v) is 12.1. The van der Waals surface area contributed by atoms with Crippen molar-refractivity contribution in [1.29, 1.82) is 0 Å². The third kappa shape index (κ3) is 3.97. The fraction of sp³-hybridized carbons (Fsp3) is 1.00. The molecule has 1 aliphatic heterocycles. The molecule has 1 saturated heterocycles. The second-order valence-corrected chi connectivity index (χ2v) is 11.3. The summed E-state index contributed by atoms with van der Waals surface area (Å²) in [5.41, 5.74) is -5.83. The van der Waals surface area contributed by atoms with Crippen LogP contribution < -0.4 is 0 Å². The van der Waals surface area contributed by atoms with Crippen LogP contribution in [0.2, 0.25) is 0 Å². The predicted molar refractivity (Wildman–Crippen MR) is 81.2 cm³/mol. The minimum Gasteiger partial charge on any atom is -0.286 e. The molecule has 0 aromatic carbocycles. The Morgan fingerprint density at radius 3 is 1.52 bits per heavy atom. The van der Waals surface area contributed by atoms with Crippen LogP contribution >= 0.6 is 0 Å². The Hall–Kier alpha value is -0.415. The van der Waals surface area contributed by atoms with Crippen molar-refractivity contribution in [3.63, 3.8) is 0 Å². The first kappa shape index (κ1) is 20.9. The van der Waals surface area contributed by atoms with Crippen molar-refractivity contribution >= 4 is 37.4 Å². The van der Waals surface area contributed by atoms with Crippen LogP contribution in [-0.4, -0.2) is 71.0 Å². The third-order valence-electron chi connectivity index (χ3n) is 4.05. The van der Waals surface area contributed by atoms with E-state index in [9.17, 15) is 38.4 Å². The first-order valence-electron chi connectivity index (χ1n) is 7.04. The Kier molecular flexibility index (Phi) is 5.29. The van der Waals surface area contributed by atoms with Crippen LogP contribution in [0.5, 0.6) is 0 Å². The lowest BCUT2D eigenvalue weighted by Crippen LogP contribution is -2.54. The van der Waals surface area contributed by atoms with Crippen molar-refractivity contribution in [2.75, 3.05) is 12.5 Å². The molecule has 9 nitrogen and oxygen atoms in total. The van der Waals surface area contributed by atoms with Gasteiger partial charge >= 0.3 is 22.8 Å². The number of alkyl halides is 3.